The fourth-order valence-electron chi connectivity index (χ4n) is 2.84. The lowest BCUT2D eigenvalue weighted by atomic mass is 9.99. The first-order valence-corrected chi connectivity index (χ1v) is 13.0. The lowest BCUT2D eigenvalue weighted by molar-refractivity contribution is -0.136. The first-order chi connectivity index (χ1) is 13.3. The molecule has 1 aromatic carbocycles. The van der Waals surface area contributed by atoms with Crippen LogP contribution in [0.5, 0.6) is 0 Å². The number of sulfonamides is 1. The summed E-state index contributed by atoms with van der Waals surface area (Å²) in [6.45, 7) is 3.00. The number of rotatable bonds is 10. The third-order valence-electron chi connectivity index (χ3n) is 4.38. The van der Waals surface area contributed by atoms with Crippen molar-refractivity contribution >= 4 is 43.5 Å². The molecule has 1 saturated heterocycles. The van der Waals surface area contributed by atoms with E-state index in [0.29, 0.717) is 37.4 Å². The first kappa shape index (κ1) is 23.1. The molecule has 1 fully saturated rings. The second-order valence-electron chi connectivity index (χ2n) is 6.59. The normalized spacial score (nSPS) is 18.0. The van der Waals surface area contributed by atoms with Gasteiger partial charge in [-0.15, -0.1) is 0 Å². The Kier molecular flexibility index (Phi) is 9.13. The highest BCUT2D eigenvalue weighted by Gasteiger charge is 2.33. The predicted molar refractivity (Wildman–Crippen MR) is 113 cm³/mol. The monoisotopic (exact) mass is 446 g/mol. The zero-order chi connectivity index (χ0) is 20.6. The lowest BCUT2D eigenvalue weighted by Crippen LogP contribution is -2.45. The van der Waals surface area contributed by atoms with Gasteiger partial charge in [0.25, 0.3) is 0 Å². The molecular formula is C18H26N2O5S3. The van der Waals surface area contributed by atoms with Crippen LogP contribution in [-0.4, -0.2) is 60.8 Å². The van der Waals surface area contributed by atoms with E-state index < -0.39 is 16.0 Å². The van der Waals surface area contributed by atoms with E-state index in [1.807, 2.05) is 6.92 Å². The van der Waals surface area contributed by atoms with Crippen molar-refractivity contribution in [3.63, 3.8) is 0 Å². The third kappa shape index (κ3) is 6.98. The molecule has 2 N–H and O–H groups in total. The third-order valence-corrected chi connectivity index (χ3v) is 8.67. The molecule has 156 valence electrons. The molecule has 0 spiro atoms. The smallest absolute Gasteiger partial charge is 0.304 e. The zero-order valence-corrected chi connectivity index (χ0v) is 18.2. The van der Waals surface area contributed by atoms with E-state index in [1.54, 1.807) is 24.3 Å². The van der Waals surface area contributed by atoms with Crippen LogP contribution in [-0.2, 0) is 19.6 Å². The highest BCUT2D eigenvalue weighted by atomic mass is 33.1. The van der Waals surface area contributed by atoms with Gasteiger partial charge in [0.1, 0.15) is 0 Å². The second-order valence-corrected chi connectivity index (χ2v) is 11.2. The molecule has 1 aliphatic rings. The van der Waals surface area contributed by atoms with Gasteiger partial charge in [0.05, 0.1) is 17.2 Å². The SMILES string of the molecule is Cc1ccc(S(=O)(=O)N2CCCC(C(=O)NCCSSCCC(=O)O)C2)cc1. The molecule has 1 heterocycles. The molecule has 10 heteroatoms. The van der Waals surface area contributed by atoms with E-state index in [1.165, 1.54) is 25.9 Å². The van der Waals surface area contributed by atoms with Gasteiger partial charge >= 0.3 is 5.97 Å². The number of carboxylic acid groups (broad SMARTS) is 1. The summed E-state index contributed by atoms with van der Waals surface area (Å²) < 4.78 is 27.0. The maximum Gasteiger partial charge on any atom is 0.304 e. The number of piperidine rings is 1. The van der Waals surface area contributed by atoms with E-state index in [9.17, 15) is 18.0 Å². The Labute approximate surface area is 174 Å². The molecule has 1 atom stereocenters. The zero-order valence-electron chi connectivity index (χ0n) is 15.8. The Morgan fingerprint density at radius 2 is 1.89 bits per heavy atom. The molecule has 2 rings (SSSR count). The largest absolute Gasteiger partial charge is 0.481 e. The Bertz CT molecular complexity index is 768. The Morgan fingerprint density at radius 3 is 2.57 bits per heavy atom. The topological polar surface area (TPSA) is 104 Å². The predicted octanol–water partition coefficient (Wildman–Crippen LogP) is 2.37. The minimum atomic E-state index is -3.59. The maximum absolute atomic E-state index is 12.8. The molecule has 0 bridgehead atoms. The highest BCUT2D eigenvalue weighted by Crippen LogP contribution is 2.24. The summed E-state index contributed by atoms with van der Waals surface area (Å²) in [6.07, 6.45) is 1.45. The Balaban J connectivity index is 1.79. The van der Waals surface area contributed by atoms with Gasteiger partial charge in [-0.1, -0.05) is 39.3 Å². The number of nitrogens with one attached hydrogen (secondary N) is 1. The minimum Gasteiger partial charge on any atom is -0.481 e. The number of aryl methyl sites for hydroxylation is 1. The first-order valence-electron chi connectivity index (χ1n) is 9.11. The molecule has 0 radical (unpaired) electrons. The van der Waals surface area contributed by atoms with Crippen molar-refractivity contribution in [3.05, 3.63) is 29.8 Å². The lowest BCUT2D eigenvalue weighted by Gasteiger charge is -2.31. The molecule has 28 heavy (non-hydrogen) atoms. The summed E-state index contributed by atoms with van der Waals surface area (Å²) in [5, 5.41) is 11.4. The van der Waals surface area contributed by atoms with E-state index in [0.717, 1.165) is 5.56 Å². The van der Waals surface area contributed by atoms with Crippen LogP contribution in [0.25, 0.3) is 0 Å². The molecular weight excluding hydrogens is 420 g/mol. The van der Waals surface area contributed by atoms with Crippen LogP contribution in [0.4, 0.5) is 0 Å². The van der Waals surface area contributed by atoms with Crippen molar-refractivity contribution in [2.45, 2.75) is 31.1 Å². The molecule has 1 amide bonds. The van der Waals surface area contributed by atoms with Crippen LogP contribution in [0.15, 0.2) is 29.2 Å². The van der Waals surface area contributed by atoms with Crippen LogP contribution in [0.3, 0.4) is 0 Å². The summed E-state index contributed by atoms with van der Waals surface area (Å²) in [6, 6.07) is 6.75. The van der Waals surface area contributed by atoms with Crippen LogP contribution in [0, 0.1) is 12.8 Å². The minimum absolute atomic E-state index is 0.122. The van der Waals surface area contributed by atoms with Crippen LogP contribution < -0.4 is 5.32 Å². The number of carboxylic acids is 1. The molecule has 0 saturated carbocycles. The van der Waals surface area contributed by atoms with Gasteiger partial charge in [0.2, 0.25) is 15.9 Å². The molecule has 1 aliphatic heterocycles. The average molecular weight is 447 g/mol. The molecule has 7 nitrogen and oxygen atoms in total. The highest BCUT2D eigenvalue weighted by molar-refractivity contribution is 8.76. The summed E-state index contributed by atoms with van der Waals surface area (Å²) >= 11 is 0. The van der Waals surface area contributed by atoms with E-state index in [4.69, 9.17) is 5.11 Å². The summed E-state index contributed by atoms with van der Waals surface area (Å²) in [5.41, 5.74) is 0.994. The van der Waals surface area contributed by atoms with Crippen LogP contribution in [0.2, 0.25) is 0 Å². The Hall–Kier alpha value is -1.23. The summed E-state index contributed by atoms with van der Waals surface area (Å²) in [7, 11) is -0.602. The van der Waals surface area contributed by atoms with E-state index >= 15 is 0 Å². The molecule has 1 unspecified atom stereocenters. The molecule has 0 aromatic heterocycles. The van der Waals surface area contributed by atoms with Gasteiger partial charge in [-0.25, -0.2) is 8.42 Å². The molecule has 0 aliphatic carbocycles. The van der Waals surface area contributed by atoms with Crippen molar-refractivity contribution in [2.24, 2.45) is 5.92 Å². The van der Waals surface area contributed by atoms with Gasteiger partial charge in [0.15, 0.2) is 0 Å². The summed E-state index contributed by atoms with van der Waals surface area (Å²) in [5.74, 6) is -0.0845. The maximum atomic E-state index is 12.8. The van der Waals surface area contributed by atoms with Crippen LogP contribution in [0.1, 0.15) is 24.8 Å². The number of aliphatic carboxylic acids is 1. The van der Waals surface area contributed by atoms with Crippen molar-refractivity contribution in [1.29, 1.82) is 0 Å². The Morgan fingerprint density at radius 1 is 1.21 bits per heavy atom. The van der Waals surface area contributed by atoms with Gasteiger partial charge in [-0.2, -0.15) is 4.31 Å². The molecule has 1 aromatic rings. The van der Waals surface area contributed by atoms with Gasteiger partial charge in [-0.05, 0) is 31.9 Å². The number of carbonyl (C=O) groups is 2. The average Bonchev–Trinajstić information content (AvgIpc) is 2.67. The van der Waals surface area contributed by atoms with E-state index in [2.05, 4.69) is 5.32 Å². The van der Waals surface area contributed by atoms with Crippen molar-refractivity contribution < 1.29 is 23.1 Å². The van der Waals surface area contributed by atoms with Crippen molar-refractivity contribution in [3.8, 4) is 0 Å². The van der Waals surface area contributed by atoms with Crippen molar-refractivity contribution in [1.82, 2.24) is 9.62 Å². The second kappa shape index (κ2) is 11.1. The fourth-order valence-corrected chi connectivity index (χ4v) is 6.25. The number of hydrogen-bond donors (Lipinski definition) is 2. The number of carbonyl (C=O) groups excluding carboxylic acids is 1. The van der Waals surface area contributed by atoms with Gasteiger partial charge in [0, 0.05) is 31.1 Å². The van der Waals surface area contributed by atoms with Crippen molar-refractivity contribution in [2.75, 3.05) is 31.1 Å². The summed E-state index contributed by atoms with van der Waals surface area (Å²) in [4.78, 5) is 23.1. The van der Waals surface area contributed by atoms with Crippen LogP contribution >= 0.6 is 21.6 Å². The van der Waals surface area contributed by atoms with Gasteiger partial charge < -0.3 is 10.4 Å². The van der Waals surface area contributed by atoms with E-state index in [-0.39, 0.29) is 29.7 Å². The number of hydrogen-bond acceptors (Lipinski definition) is 6. The number of nitrogens with zero attached hydrogens (tertiary/aromatic N) is 1. The van der Waals surface area contributed by atoms with Gasteiger partial charge in [-0.3, -0.25) is 9.59 Å². The number of amides is 1. The fraction of sp³-hybridized carbons (Fsp3) is 0.556. The number of benzene rings is 1. The standard InChI is InChI=1S/C18H26N2O5S3/c1-14-4-6-16(7-5-14)28(24,25)20-10-2-3-15(13-20)18(23)19-9-12-27-26-11-8-17(21)22/h4-7,15H,2-3,8-13H2,1H3,(H,19,23)(H,21,22). The quantitative estimate of drug-likeness (QED) is 0.420.